The second-order valence-corrected chi connectivity index (χ2v) is 4.74. The Hall–Kier alpha value is -2.11. The van der Waals surface area contributed by atoms with Gasteiger partial charge in [-0.2, -0.15) is 0 Å². The first-order chi connectivity index (χ1) is 10.1. The van der Waals surface area contributed by atoms with Gasteiger partial charge >= 0.3 is 6.03 Å². The summed E-state index contributed by atoms with van der Waals surface area (Å²) in [6, 6.07) is 11.0. The van der Waals surface area contributed by atoms with E-state index in [0.29, 0.717) is 0 Å². The van der Waals surface area contributed by atoms with Crippen LogP contribution in [-0.4, -0.2) is 11.1 Å². The molecule has 0 saturated carbocycles. The second kappa shape index (κ2) is 7.06. The van der Waals surface area contributed by atoms with Gasteiger partial charge in [0.15, 0.2) is 5.82 Å². The summed E-state index contributed by atoms with van der Waals surface area (Å²) in [5.41, 5.74) is 1.53. The number of anilines is 1. The number of urea groups is 1. The van der Waals surface area contributed by atoms with Crippen molar-refractivity contribution in [1.82, 2.24) is 5.32 Å². The maximum Gasteiger partial charge on any atom is 0.319 e. The van der Waals surface area contributed by atoms with Crippen LogP contribution in [0.3, 0.4) is 0 Å². The molecule has 0 aliphatic carbocycles. The van der Waals surface area contributed by atoms with Gasteiger partial charge in [0, 0.05) is 6.54 Å². The molecule has 0 fully saturated rings. The number of halogens is 2. The van der Waals surface area contributed by atoms with Crippen molar-refractivity contribution in [2.75, 3.05) is 5.32 Å². The Morgan fingerprint density at radius 2 is 1.86 bits per heavy atom. The fourth-order valence-electron chi connectivity index (χ4n) is 1.83. The number of hydrogen-bond donors (Lipinski definition) is 3. The lowest BCUT2D eigenvalue weighted by Crippen LogP contribution is -2.29. The van der Waals surface area contributed by atoms with Crippen LogP contribution in [0.15, 0.2) is 42.5 Å². The van der Waals surface area contributed by atoms with Crippen LogP contribution in [0.25, 0.3) is 0 Å². The summed E-state index contributed by atoms with van der Waals surface area (Å²) in [6.45, 7) is 0.118. The Kier molecular flexibility index (Phi) is 5.14. The van der Waals surface area contributed by atoms with E-state index < -0.39 is 11.8 Å². The monoisotopic (exact) mass is 308 g/mol. The standard InChI is InChI=1S/C15H14ClFN2O2/c16-12-6-3-7-13(14(12)17)19-15(21)18-8-10-4-1-2-5-11(10)9-20/h1-7,20H,8-9H2,(H2,18,19,21). The minimum absolute atomic E-state index is 0.00967. The number of hydrogen-bond acceptors (Lipinski definition) is 2. The molecule has 0 heterocycles. The van der Waals surface area contributed by atoms with Crippen LogP contribution in [-0.2, 0) is 13.2 Å². The van der Waals surface area contributed by atoms with E-state index in [1.165, 1.54) is 12.1 Å². The molecule has 2 amide bonds. The fourth-order valence-corrected chi connectivity index (χ4v) is 2.00. The molecule has 3 N–H and O–H groups in total. The van der Waals surface area contributed by atoms with Gasteiger partial charge in [-0.1, -0.05) is 41.9 Å². The van der Waals surface area contributed by atoms with Gasteiger partial charge in [-0.05, 0) is 23.3 Å². The molecular formula is C15H14ClFN2O2. The van der Waals surface area contributed by atoms with Crippen LogP contribution in [0.2, 0.25) is 5.02 Å². The number of aliphatic hydroxyl groups excluding tert-OH is 1. The van der Waals surface area contributed by atoms with Crippen molar-refractivity contribution in [2.45, 2.75) is 13.2 Å². The molecule has 2 aromatic carbocycles. The highest BCUT2D eigenvalue weighted by Gasteiger charge is 2.09. The van der Waals surface area contributed by atoms with E-state index >= 15 is 0 Å². The molecule has 0 aliphatic rings. The van der Waals surface area contributed by atoms with E-state index in [9.17, 15) is 14.3 Å². The van der Waals surface area contributed by atoms with Crippen LogP contribution < -0.4 is 10.6 Å². The third-order valence-corrected chi connectivity index (χ3v) is 3.22. The summed E-state index contributed by atoms with van der Waals surface area (Å²) in [7, 11) is 0. The van der Waals surface area contributed by atoms with Crippen LogP contribution in [0, 0.1) is 5.82 Å². The van der Waals surface area contributed by atoms with E-state index in [2.05, 4.69) is 10.6 Å². The predicted molar refractivity (Wildman–Crippen MR) is 79.6 cm³/mol. The van der Waals surface area contributed by atoms with Gasteiger partial charge in [-0.3, -0.25) is 0 Å². The lowest BCUT2D eigenvalue weighted by atomic mass is 10.1. The maximum atomic E-state index is 13.6. The number of carbonyl (C=O) groups is 1. The first-order valence-electron chi connectivity index (χ1n) is 6.28. The largest absolute Gasteiger partial charge is 0.392 e. The Bertz CT molecular complexity index is 649. The van der Waals surface area contributed by atoms with E-state index in [0.717, 1.165) is 11.1 Å². The molecule has 0 bridgehead atoms. The van der Waals surface area contributed by atoms with Crippen molar-refractivity contribution in [3.8, 4) is 0 Å². The van der Waals surface area contributed by atoms with Crippen molar-refractivity contribution in [2.24, 2.45) is 0 Å². The molecule has 0 saturated heterocycles. The number of rotatable bonds is 4. The lowest BCUT2D eigenvalue weighted by molar-refractivity contribution is 0.251. The van der Waals surface area contributed by atoms with Crippen molar-refractivity contribution < 1.29 is 14.3 Å². The van der Waals surface area contributed by atoms with Gasteiger partial charge < -0.3 is 15.7 Å². The van der Waals surface area contributed by atoms with Gasteiger partial charge in [-0.15, -0.1) is 0 Å². The third-order valence-electron chi connectivity index (χ3n) is 2.93. The van der Waals surface area contributed by atoms with Crippen molar-refractivity contribution >= 4 is 23.3 Å². The molecule has 6 heteroatoms. The van der Waals surface area contributed by atoms with Crippen molar-refractivity contribution in [3.63, 3.8) is 0 Å². The predicted octanol–water partition coefficient (Wildman–Crippen LogP) is 3.29. The molecule has 0 spiro atoms. The maximum absolute atomic E-state index is 13.6. The van der Waals surface area contributed by atoms with Gasteiger partial charge in [0.2, 0.25) is 0 Å². The molecular weight excluding hydrogens is 295 g/mol. The topological polar surface area (TPSA) is 61.4 Å². The Balaban J connectivity index is 1.98. The summed E-state index contributed by atoms with van der Waals surface area (Å²) < 4.78 is 13.6. The van der Waals surface area contributed by atoms with E-state index in [4.69, 9.17) is 11.6 Å². The van der Waals surface area contributed by atoms with Gasteiger partial charge in [-0.25, -0.2) is 9.18 Å². The minimum Gasteiger partial charge on any atom is -0.392 e. The molecule has 2 rings (SSSR count). The SMILES string of the molecule is O=C(NCc1ccccc1CO)Nc1cccc(Cl)c1F. The molecule has 110 valence electrons. The average Bonchev–Trinajstić information content (AvgIpc) is 2.50. The molecule has 0 aliphatic heterocycles. The normalized spacial score (nSPS) is 10.2. The Morgan fingerprint density at radius 3 is 2.57 bits per heavy atom. The van der Waals surface area contributed by atoms with E-state index in [-0.39, 0.29) is 23.9 Å². The Labute approximate surface area is 126 Å². The number of amides is 2. The molecule has 2 aromatic rings. The lowest BCUT2D eigenvalue weighted by Gasteiger charge is -2.11. The zero-order valence-electron chi connectivity index (χ0n) is 11.1. The third kappa shape index (κ3) is 3.93. The van der Waals surface area contributed by atoms with Gasteiger partial charge in [0.25, 0.3) is 0 Å². The molecule has 0 atom stereocenters. The highest BCUT2D eigenvalue weighted by Crippen LogP contribution is 2.21. The first kappa shape index (κ1) is 15.3. The molecule has 0 unspecified atom stereocenters. The van der Waals surface area contributed by atoms with E-state index in [1.807, 2.05) is 6.07 Å². The summed E-state index contributed by atoms with van der Waals surface area (Å²) in [4.78, 5) is 11.8. The molecule has 0 aromatic heterocycles. The van der Waals surface area contributed by atoms with Crippen molar-refractivity contribution in [1.29, 1.82) is 0 Å². The van der Waals surface area contributed by atoms with Crippen LogP contribution in [0.1, 0.15) is 11.1 Å². The quantitative estimate of drug-likeness (QED) is 0.811. The average molecular weight is 309 g/mol. The van der Waals surface area contributed by atoms with Crippen molar-refractivity contribution in [3.05, 3.63) is 64.4 Å². The number of benzene rings is 2. The molecule has 4 nitrogen and oxygen atoms in total. The van der Waals surface area contributed by atoms with Gasteiger partial charge in [0.1, 0.15) is 0 Å². The summed E-state index contributed by atoms with van der Waals surface area (Å²) in [5, 5.41) is 14.1. The minimum atomic E-state index is -0.676. The Morgan fingerprint density at radius 1 is 1.14 bits per heavy atom. The highest BCUT2D eigenvalue weighted by atomic mass is 35.5. The summed E-state index contributed by atoms with van der Waals surface area (Å²) >= 11 is 5.64. The summed E-state index contributed by atoms with van der Waals surface area (Å²) in [5.74, 6) is -0.676. The number of nitrogens with one attached hydrogen (secondary N) is 2. The fraction of sp³-hybridized carbons (Fsp3) is 0.133. The zero-order valence-corrected chi connectivity index (χ0v) is 11.8. The number of carbonyl (C=O) groups excluding carboxylic acids is 1. The van der Waals surface area contributed by atoms with E-state index in [1.54, 1.807) is 24.3 Å². The highest BCUT2D eigenvalue weighted by molar-refractivity contribution is 6.31. The van der Waals surface area contributed by atoms with Crippen LogP contribution in [0.5, 0.6) is 0 Å². The molecule has 0 radical (unpaired) electrons. The zero-order chi connectivity index (χ0) is 15.2. The smallest absolute Gasteiger partial charge is 0.319 e. The first-order valence-corrected chi connectivity index (χ1v) is 6.66. The second-order valence-electron chi connectivity index (χ2n) is 4.34. The van der Waals surface area contributed by atoms with Crippen LogP contribution >= 0.6 is 11.6 Å². The van der Waals surface area contributed by atoms with Crippen LogP contribution in [0.4, 0.5) is 14.9 Å². The number of aliphatic hydroxyl groups is 1. The molecule has 21 heavy (non-hydrogen) atoms. The summed E-state index contributed by atoms with van der Waals surface area (Å²) in [6.07, 6.45) is 0. The van der Waals surface area contributed by atoms with Gasteiger partial charge in [0.05, 0.1) is 17.3 Å².